The summed E-state index contributed by atoms with van der Waals surface area (Å²) < 4.78 is 0. The fraction of sp³-hybridized carbons (Fsp3) is 0.583. The van der Waals surface area contributed by atoms with Gasteiger partial charge < -0.3 is 25.8 Å². The van der Waals surface area contributed by atoms with Gasteiger partial charge in [0, 0.05) is 31.9 Å². The molecule has 1 aromatic rings. The number of fused-ring (bicyclic) bond motifs is 1. The zero-order chi connectivity index (χ0) is 24.4. The van der Waals surface area contributed by atoms with E-state index in [2.05, 4.69) is 5.32 Å². The van der Waals surface area contributed by atoms with E-state index >= 15 is 0 Å². The summed E-state index contributed by atoms with van der Waals surface area (Å²) in [6.45, 7) is 5.89. The fourth-order valence-corrected chi connectivity index (χ4v) is 4.67. The van der Waals surface area contributed by atoms with E-state index in [4.69, 9.17) is 5.73 Å². The Morgan fingerprint density at radius 1 is 1.09 bits per heavy atom. The molecular weight excluding hydrogens is 422 g/mol. The van der Waals surface area contributed by atoms with Gasteiger partial charge in [0.25, 0.3) is 5.91 Å². The van der Waals surface area contributed by atoms with Gasteiger partial charge in [-0.1, -0.05) is 13.8 Å². The smallest absolute Gasteiger partial charge is 0.251 e. The van der Waals surface area contributed by atoms with Crippen LogP contribution in [0.25, 0.3) is 0 Å². The zero-order valence-corrected chi connectivity index (χ0v) is 20.1. The predicted molar refractivity (Wildman–Crippen MR) is 126 cm³/mol. The SMILES string of the molecule is CC(C)CC(NC(=O)c1ccc(N(C)C)cc1)C(=O)N1CCC2C1C(=O)CN2C(=O)C(C)N. The average molecular weight is 458 g/mol. The second kappa shape index (κ2) is 9.91. The van der Waals surface area contributed by atoms with E-state index in [1.165, 1.54) is 4.90 Å². The third-order valence-corrected chi connectivity index (χ3v) is 6.33. The van der Waals surface area contributed by atoms with Crippen LogP contribution in [-0.4, -0.2) is 84.7 Å². The van der Waals surface area contributed by atoms with Crippen molar-refractivity contribution in [2.45, 2.75) is 57.8 Å². The lowest BCUT2D eigenvalue weighted by Gasteiger charge is -2.29. The van der Waals surface area contributed by atoms with E-state index in [9.17, 15) is 19.2 Å². The molecule has 3 N–H and O–H groups in total. The number of Topliss-reactive ketones (excluding diaryl/α,β-unsaturated/α-hetero) is 1. The summed E-state index contributed by atoms with van der Waals surface area (Å²) in [5.41, 5.74) is 7.18. The first kappa shape index (κ1) is 24.7. The molecule has 4 atom stereocenters. The maximum absolute atomic E-state index is 13.5. The maximum Gasteiger partial charge on any atom is 0.251 e. The second-order valence-corrected chi connectivity index (χ2v) is 9.65. The Morgan fingerprint density at radius 3 is 2.27 bits per heavy atom. The summed E-state index contributed by atoms with van der Waals surface area (Å²) in [5.74, 6) is -0.893. The van der Waals surface area contributed by atoms with Crippen LogP contribution in [0.1, 0.15) is 44.0 Å². The molecule has 9 heteroatoms. The van der Waals surface area contributed by atoms with E-state index in [0.717, 1.165) is 5.69 Å². The van der Waals surface area contributed by atoms with Crippen molar-refractivity contribution in [3.63, 3.8) is 0 Å². The molecule has 3 amide bonds. The van der Waals surface area contributed by atoms with Gasteiger partial charge in [0.1, 0.15) is 12.1 Å². The third kappa shape index (κ3) is 5.19. The van der Waals surface area contributed by atoms with Gasteiger partial charge in [-0.25, -0.2) is 0 Å². The van der Waals surface area contributed by atoms with Gasteiger partial charge in [-0.15, -0.1) is 0 Å². The number of nitrogens with two attached hydrogens (primary N) is 1. The summed E-state index contributed by atoms with van der Waals surface area (Å²) in [7, 11) is 3.84. The molecule has 4 unspecified atom stereocenters. The lowest BCUT2D eigenvalue weighted by molar-refractivity contribution is -0.138. The molecule has 0 aliphatic carbocycles. The Balaban J connectivity index is 1.76. The van der Waals surface area contributed by atoms with Gasteiger partial charge in [-0.3, -0.25) is 19.2 Å². The molecule has 2 fully saturated rings. The first-order chi connectivity index (χ1) is 15.5. The summed E-state index contributed by atoms with van der Waals surface area (Å²) >= 11 is 0. The highest BCUT2D eigenvalue weighted by atomic mass is 16.2. The number of amides is 3. The molecule has 0 saturated carbocycles. The monoisotopic (exact) mass is 457 g/mol. The van der Waals surface area contributed by atoms with E-state index in [1.54, 1.807) is 24.0 Å². The van der Waals surface area contributed by atoms with Crippen LogP contribution in [0.5, 0.6) is 0 Å². The van der Waals surface area contributed by atoms with Gasteiger partial charge in [0.2, 0.25) is 11.8 Å². The number of nitrogens with zero attached hydrogens (tertiary/aromatic N) is 3. The van der Waals surface area contributed by atoms with Crippen molar-refractivity contribution in [2.24, 2.45) is 11.7 Å². The normalized spacial score (nSPS) is 21.7. The van der Waals surface area contributed by atoms with Crippen molar-refractivity contribution >= 4 is 29.2 Å². The molecule has 33 heavy (non-hydrogen) atoms. The number of hydrogen-bond donors (Lipinski definition) is 2. The van der Waals surface area contributed by atoms with Crippen LogP contribution in [0.15, 0.2) is 24.3 Å². The molecule has 0 bridgehead atoms. The molecule has 3 rings (SSSR count). The number of carbonyl (C=O) groups is 4. The Hall–Kier alpha value is -2.94. The minimum Gasteiger partial charge on any atom is -0.378 e. The van der Waals surface area contributed by atoms with Crippen LogP contribution in [-0.2, 0) is 14.4 Å². The van der Waals surface area contributed by atoms with E-state index in [1.807, 2.05) is 45.0 Å². The van der Waals surface area contributed by atoms with E-state index in [0.29, 0.717) is 24.9 Å². The molecule has 0 radical (unpaired) electrons. The first-order valence-electron chi connectivity index (χ1n) is 11.5. The minimum absolute atomic E-state index is 0.0289. The Labute approximate surface area is 195 Å². The van der Waals surface area contributed by atoms with Crippen LogP contribution in [0, 0.1) is 5.92 Å². The van der Waals surface area contributed by atoms with Gasteiger partial charge in [-0.2, -0.15) is 0 Å². The number of nitrogens with one attached hydrogen (secondary N) is 1. The van der Waals surface area contributed by atoms with Crippen LogP contribution >= 0.6 is 0 Å². The topological polar surface area (TPSA) is 116 Å². The molecule has 180 valence electrons. The Kier molecular flexibility index (Phi) is 7.41. The Bertz CT molecular complexity index is 912. The molecule has 1 aromatic carbocycles. The Morgan fingerprint density at radius 2 is 1.73 bits per heavy atom. The third-order valence-electron chi connectivity index (χ3n) is 6.33. The van der Waals surface area contributed by atoms with Crippen molar-refractivity contribution in [3.05, 3.63) is 29.8 Å². The van der Waals surface area contributed by atoms with Crippen LogP contribution in [0.3, 0.4) is 0 Å². The van der Waals surface area contributed by atoms with Crippen molar-refractivity contribution in [3.8, 4) is 0 Å². The molecule has 0 spiro atoms. The average Bonchev–Trinajstić information content (AvgIpc) is 3.33. The second-order valence-electron chi connectivity index (χ2n) is 9.65. The molecule has 2 saturated heterocycles. The molecule has 9 nitrogen and oxygen atoms in total. The molecule has 0 aromatic heterocycles. The van der Waals surface area contributed by atoms with Crippen molar-refractivity contribution in [2.75, 3.05) is 32.1 Å². The van der Waals surface area contributed by atoms with Gasteiger partial charge in [-0.05, 0) is 49.9 Å². The number of carbonyl (C=O) groups excluding carboxylic acids is 4. The summed E-state index contributed by atoms with van der Waals surface area (Å²) in [5, 5.41) is 2.88. The van der Waals surface area contributed by atoms with Crippen LogP contribution in [0.4, 0.5) is 5.69 Å². The number of ketones is 1. The number of anilines is 1. The number of likely N-dealkylation sites (tertiary alicyclic amines) is 2. The van der Waals surface area contributed by atoms with Gasteiger partial charge in [0.05, 0.1) is 18.6 Å². The van der Waals surface area contributed by atoms with Crippen molar-refractivity contribution in [1.82, 2.24) is 15.1 Å². The molecule has 2 heterocycles. The van der Waals surface area contributed by atoms with Crippen LogP contribution in [0.2, 0.25) is 0 Å². The number of benzene rings is 1. The van der Waals surface area contributed by atoms with E-state index < -0.39 is 18.1 Å². The van der Waals surface area contributed by atoms with Crippen LogP contribution < -0.4 is 16.0 Å². The molecule has 2 aliphatic rings. The first-order valence-corrected chi connectivity index (χ1v) is 11.5. The lowest BCUT2D eigenvalue weighted by Crippen LogP contribution is -2.53. The van der Waals surface area contributed by atoms with E-state index in [-0.39, 0.29) is 42.0 Å². The lowest BCUT2D eigenvalue weighted by atomic mass is 10.0. The van der Waals surface area contributed by atoms with Gasteiger partial charge in [0.15, 0.2) is 5.78 Å². The quantitative estimate of drug-likeness (QED) is 0.620. The molecular formula is C24H35N5O4. The number of rotatable bonds is 7. The largest absolute Gasteiger partial charge is 0.378 e. The fourth-order valence-electron chi connectivity index (χ4n) is 4.67. The zero-order valence-electron chi connectivity index (χ0n) is 20.1. The summed E-state index contributed by atoms with van der Waals surface area (Å²) in [4.78, 5) is 56.6. The summed E-state index contributed by atoms with van der Waals surface area (Å²) in [6, 6.07) is 4.67. The number of hydrogen-bond acceptors (Lipinski definition) is 6. The van der Waals surface area contributed by atoms with Gasteiger partial charge >= 0.3 is 0 Å². The van der Waals surface area contributed by atoms with Crippen molar-refractivity contribution < 1.29 is 19.2 Å². The summed E-state index contributed by atoms with van der Waals surface area (Å²) in [6.07, 6.45) is 0.972. The highest BCUT2D eigenvalue weighted by molar-refractivity contribution is 6.01. The highest BCUT2D eigenvalue weighted by Crippen LogP contribution is 2.31. The predicted octanol–water partition coefficient (Wildman–Crippen LogP) is 0.625. The molecule has 2 aliphatic heterocycles. The standard InChI is InChI=1S/C24H35N5O4/c1-14(2)12-18(26-22(31)16-6-8-17(9-7-16)27(4)5)24(33)28-11-10-19-21(28)20(30)13-29(19)23(32)15(3)25/h6-9,14-15,18-19,21H,10-13,25H2,1-5H3,(H,26,31). The highest BCUT2D eigenvalue weighted by Gasteiger charge is 2.52. The van der Waals surface area contributed by atoms with Crippen molar-refractivity contribution in [1.29, 1.82) is 0 Å². The maximum atomic E-state index is 13.5. The minimum atomic E-state index is -0.754.